The van der Waals surface area contributed by atoms with Crippen molar-refractivity contribution < 1.29 is 28.6 Å². The van der Waals surface area contributed by atoms with Gasteiger partial charge in [0, 0.05) is 19.3 Å². The number of hydrogen-bond donors (Lipinski definition) is 0. The minimum atomic E-state index is -0.778. The number of allylic oxidation sites excluding steroid dienone is 12. The zero-order chi connectivity index (χ0) is 55.0. The van der Waals surface area contributed by atoms with Crippen LogP contribution in [0, 0.1) is 0 Å². The van der Waals surface area contributed by atoms with Crippen molar-refractivity contribution in [1.29, 1.82) is 0 Å². The standard InChI is InChI=1S/C70H124O6/c1-4-7-10-13-16-18-20-22-24-26-28-30-32-33-34-35-36-37-39-40-42-44-46-48-50-52-54-57-60-63-69(72)75-66-67(65-74-68(71)62-59-56-15-12-9-6-3)76-70(73)64-61-58-55-53-51-49-47-45-43-41-38-31-29-27-25-23-21-19-17-14-11-8-5-2/h8,11,17,19,23,25-26,28-29,31,41,43,67H,4-7,9-10,12-16,18,20-22,24,27,30,32-40,42,44-66H2,1-3H3/b11-8-,19-17-,25-23-,28-26-,31-29-,43-41-. The van der Waals surface area contributed by atoms with Crippen molar-refractivity contribution in [2.45, 2.75) is 341 Å². The van der Waals surface area contributed by atoms with E-state index < -0.39 is 6.10 Å². The van der Waals surface area contributed by atoms with Crippen molar-refractivity contribution >= 4 is 17.9 Å². The first kappa shape index (κ1) is 72.8. The monoisotopic (exact) mass is 1060 g/mol. The van der Waals surface area contributed by atoms with Crippen LogP contribution in [0.1, 0.15) is 335 Å². The Bertz CT molecular complexity index is 1400. The quantitative estimate of drug-likeness (QED) is 0.0261. The van der Waals surface area contributed by atoms with Gasteiger partial charge in [0.2, 0.25) is 0 Å². The maximum Gasteiger partial charge on any atom is 0.306 e. The Morgan fingerprint density at radius 1 is 0.276 bits per heavy atom. The molecule has 0 N–H and O–H groups in total. The van der Waals surface area contributed by atoms with Crippen LogP contribution in [0.25, 0.3) is 0 Å². The number of carbonyl (C=O) groups is 3. The lowest BCUT2D eigenvalue weighted by Crippen LogP contribution is -2.30. The molecule has 0 saturated heterocycles. The Hall–Kier alpha value is -3.15. The Morgan fingerprint density at radius 2 is 0.513 bits per heavy atom. The third kappa shape index (κ3) is 61.7. The van der Waals surface area contributed by atoms with Crippen LogP contribution >= 0.6 is 0 Å². The fourth-order valence-electron chi connectivity index (χ4n) is 9.53. The number of rotatable bonds is 60. The van der Waals surface area contributed by atoms with Gasteiger partial charge < -0.3 is 14.2 Å². The van der Waals surface area contributed by atoms with E-state index >= 15 is 0 Å². The third-order valence-electron chi connectivity index (χ3n) is 14.4. The molecular weight excluding hydrogens is 937 g/mol. The molecule has 0 spiro atoms. The highest BCUT2D eigenvalue weighted by Gasteiger charge is 2.19. The summed E-state index contributed by atoms with van der Waals surface area (Å²) in [6, 6.07) is 0. The van der Waals surface area contributed by atoms with Crippen LogP contribution in [0.15, 0.2) is 72.9 Å². The Kier molecular flexibility index (Phi) is 61.7. The molecule has 0 aromatic rings. The minimum absolute atomic E-state index is 0.0772. The van der Waals surface area contributed by atoms with Crippen LogP contribution in [-0.2, 0) is 28.6 Å². The molecule has 6 nitrogen and oxygen atoms in total. The second kappa shape index (κ2) is 64.4. The van der Waals surface area contributed by atoms with Crippen LogP contribution in [0.3, 0.4) is 0 Å². The van der Waals surface area contributed by atoms with E-state index in [1.807, 2.05) is 0 Å². The van der Waals surface area contributed by atoms with Gasteiger partial charge in [-0.15, -0.1) is 0 Å². The summed E-state index contributed by atoms with van der Waals surface area (Å²) in [6.07, 6.45) is 83.9. The first-order valence-electron chi connectivity index (χ1n) is 32.9. The maximum absolute atomic E-state index is 12.8. The molecule has 0 heterocycles. The largest absolute Gasteiger partial charge is 0.462 e. The molecule has 0 bridgehead atoms. The van der Waals surface area contributed by atoms with Crippen molar-refractivity contribution in [1.82, 2.24) is 0 Å². The topological polar surface area (TPSA) is 78.9 Å². The van der Waals surface area contributed by atoms with E-state index in [0.717, 1.165) is 96.3 Å². The van der Waals surface area contributed by atoms with Crippen LogP contribution in [-0.4, -0.2) is 37.2 Å². The average Bonchev–Trinajstić information content (AvgIpc) is 3.42. The fourth-order valence-corrected chi connectivity index (χ4v) is 9.53. The van der Waals surface area contributed by atoms with Gasteiger partial charge in [-0.1, -0.05) is 299 Å². The number of ether oxygens (including phenoxy) is 3. The van der Waals surface area contributed by atoms with Gasteiger partial charge >= 0.3 is 17.9 Å². The zero-order valence-electron chi connectivity index (χ0n) is 50.5. The van der Waals surface area contributed by atoms with Gasteiger partial charge in [0.25, 0.3) is 0 Å². The summed E-state index contributed by atoms with van der Waals surface area (Å²) in [5.41, 5.74) is 0. The SMILES string of the molecule is CC/C=C\C/C=C\C/C=C\C/C=C\C/C=C\CCCCCCCCCC(=O)OC(COC(=O)CCCCCCCC)COC(=O)CCCCCCCCCCCCCCCCCCC/C=C\CCCCCCCCCC. The second-order valence-corrected chi connectivity index (χ2v) is 22.0. The van der Waals surface area contributed by atoms with Gasteiger partial charge in [0.1, 0.15) is 13.2 Å². The van der Waals surface area contributed by atoms with Gasteiger partial charge in [-0.2, -0.15) is 0 Å². The highest BCUT2D eigenvalue weighted by atomic mass is 16.6. The van der Waals surface area contributed by atoms with Gasteiger partial charge in [0.05, 0.1) is 0 Å². The maximum atomic E-state index is 12.8. The van der Waals surface area contributed by atoms with E-state index in [4.69, 9.17) is 14.2 Å². The highest BCUT2D eigenvalue weighted by molar-refractivity contribution is 5.71. The number of carbonyl (C=O) groups excluding carboxylic acids is 3. The summed E-state index contributed by atoms with van der Waals surface area (Å²) in [7, 11) is 0. The van der Waals surface area contributed by atoms with Crippen molar-refractivity contribution in [3.63, 3.8) is 0 Å². The van der Waals surface area contributed by atoms with Crippen molar-refractivity contribution in [2.24, 2.45) is 0 Å². The molecule has 76 heavy (non-hydrogen) atoms. The minimum Gasteiger partial charge on any atom is -0.462 e. The summed E-state index contributed by atoms with van der Waals surface area (Å²) >= 11 is 0. The van der Waals surface area contributed by atoms with Gasteiger partial charge in [-0.25, -0.2) is 0 Å². The Labute approximate surface area is 472 Å². The number of hydrogen-bond acceptors (Lipinski definition) is 6. The van der Waals surface area contributed by atoms with Crippen molar-refractivity contribution in [3.8, 4) is 0 Å². The first-order chi connectivity index (χ1) is 37.5. The molecule has 0 aliphatic carbocycles. The molecule has 440 valence electrons. The molecule has 0 aromatic carbocycles. The van der Waals surface area contributed by atoms with E-state index in [2.05, 4.69) is 93.7 Å². The van der Waals surface area contributed by atoms with Gasteiger partial charge in [0.15, 0.2) is 6.10 Å². The van der Waals surface area contributed by atoms with E-state index in [0.29, 0.717) is 19.3 Å². The normalized spacial score (nSPS) is 12.5. The predicted molar refractivity (Wildman–Crippen MR) is 330 cm³/mol. The van der Waals surface area contributed by atoms with Crippen molar-refractivity contribution in [3.05, 3.63) is 72.9 Å². The number of esters is 3. The molecule has 0 rings (SSSR count). The third-order valence-corrected chi connectivity index (χ3v) is 14.4. The zero-order valence-corrected chi connectivity index (χ0v) is 50.5. The summed E-state index contributed by atoms with van der Waals surface area (Å²) in [4.78, 5) is 38.0. The molecule has 0 radical (unpaired) electrons. The molecule has 0 aromatic heterocycles. The van der Waals surface area contributed by atoms with Gasteiger partial charge in [-0.05, 0) is 89.9 Å². The molecular formula is C70H124O6. The Morgan fingerprint density at radius 3 is 0.816 bits per heavy atom. The van der Waals surface area contributed by atoms with E-state index in [-0.39, 0.29) is 31.1 Å². The molecule has 1 atom stereocenters. The molecule has 0 saturated carbocycles. The number of unbranched alkanes of at least 4 members (excludes halogenated alkanes) is 37. The summed E-state index contributed by atoms with van der Waals surface area (Å²) in [5.74, 6) is -0.884. The van der Waals surface area contributed by atoms with Crippen molar-refractivity contribution in [2.75, 3.05) is 13.2 Å². The summed E-state index contributed by atoms with van der Waals surface area (Å²) in [6.45, 7) is 6.49. The highest BCUT2D eigenvalue weighted by Crippen LogP contribution is 2.17. The predicted octanol–water partition coefficient (Wildman–Crippen LogP) is 22.5. The summed E-state index contributed by atoms with van der Waals surface area (Å²) in [5, 5.41) is 0. The van der Waals surface area contributed by atoms with E-state index in [9.17, 15) is 14.4 Å². The smallest absolute Gasteiger partial charge is 0.306 e. The lowest BCUT2D eigenvalue weighted by molar-refractivity contribution is -0.167. The molecule has 1 unspecified atom stereocenters. The van der Waals surface area contributed by atoms with Crippen LogP contribution in [0.4, 0.5) is 0 Å². The average molecular weight is 1060 g/mol. The van der Waals surface area contributed by atoms with Crippen LogP contribution in [0.2, 0.25) is 0 Å². The molecule has 6 heteroatoms. The molecule has 0 amide bonds. The van der Waals surface area contributed by atoms with Crippen LogP contribution in [0.5, 0.6) is 0 Å². The lowest BCUT2D eigenvalue weighted by Gasteiger charge is -2.18. The van der Waals surface area contributed by atoms with E-state index in [1.54, 1.807) is 0 Å². The molecule has 0 aliphatic rings. The molecule has 0 fully saturated rings. The van der Waals surface area contributed by atoms with E-state index in [1.165, 1.54) is 199 Å². The van der Waals surface area contributed by atoms with Gasteiger partial charge in [-0.3, -0.25) is 14.4 Å². The lowest BCUT2D eigenvalue weighted by atomic mass is 10.0. The first-order valence-corrected chi connectivity index (χ1v) is 32.9. The van der Waals surface area contributed by atoms with Crippen LogP contribution < -0.4 is 0 Å². The Balaban J connectivity index is 4.05. The fraction of sp³-hybridized carbons (Fsp3) is 0.786. The summed E-state index contributed by atoms with van der Waals surface area (Å²) < 4.78 is 16.8. The second-order valence-electron chi connectivity index (χ2n) is 22.0. The molecule has 0 aliphatic heterocycles.